The number of morpholine rings is 1. The SMILES string of the molecule is Cc1ccc(SCCN(C)CC(=O)Nc2ccc(N3CCOCC3)cc2)cc1. The van der Waals surface area contributed by atoms with Gasteiger partial charge >= 0.3 is 0 Å². The van der Waals surface area contributed by atoms with Gasteiger partial charge < -0.3 is 15.0 Å². The lowest BCUT2D eigenvalue weighted by atomic mass is 10.2. The number of amides is 1. The Morgan fingerprint density at radius 3 is 2.46 bits per heavy atom. The maximum absolute atomic E-state index is 12.3. The van der Waals surface area contributed by atoms with Crippen molar-refractivity contribution in [3.05, 3.63) is 54.1 Å². The third kappa shape index (κ3) is 6.55. The lowest BCUT2D eigenvalue weighted by molar-refractivity contribution is -0.117. The highest BCUT2D eigenvalue weighted by Gasteiger charge is 2.11. The third-order valence-corrected chi connectivity index (χ3v) is 5.70. The quantitative estimate of drug-likeness (QED) is 0.689. The number of nitrogens with one attached hydrogen (secondary N) is 1. The number of likely N-dealkylation sites (N-methyl/N-ethyl adjacent to an activating group) is 1. The van der Waals surface area contributed by atoms with E-state index < -0.39 is 0 Å². The molecule has 1 saturated heterocycles. The van der Waals surface area contributed by atoms with Crippen LogP contribution in [-0.4, -0.2) is 63.0 Å². The molecule has 0 aliphatic carbocycles. The predicted octanol–water partition coefficient (Wildman–Crippen LogP) is 3.49. The molecule has 0 unspecified atom stereocenters. The van der Waals surface area contributed by atoms with Crippen molar-refractivity contribution in [2.45, 2.75) is 11.8 Å². The fourth-order valence-electron chi connectivity index (χ4n) is 3.06. The van der Waals surface area contributed by atoms with E-state index >= 15 is 0 Å². The molecule has 28 heavy (non-hydrogen) atoms. The molecule has 1 aliphatic heterocycles. The number of hydrogen-bond acceptors (Lipinski definition) is 5. The van der Waals surface area contributed by atoms with Gasteiger partial charge in [0.15, 0.2) is 0 Å². The summed E-state index contributed by atoms with van der Waals surface area (Å²) < 4.78 is 5.39. The van der Waals surface area contributed by atoms with Gasteiger partial charge in [0, 0.05) is 41.7 Å². The number of ether oxygens (including phenoxy) is 1. The number of thioether (sulfide) groups is 1. The van der Waals surface area contributed by atoms with Gasteiger partial charge in [-0.1, -0.05) is 17.7 Å². The van der Waals surface area contributed by atoms with E-state index in [-0.39, 0.29) is 5.91 Å². The highest BCUT2D eigenvalue weighted by Crippen LogP contribution is 2.19. The first-order valence-corrected chi connectivity index (χ1v) is 10.7. The van der Waals surface area contributed by atoms with E-state index in [0.29, 0.717) is 6.54 Å². The molecule has 2 aromatic rings. The summed E-state index contributed by atoms with van der Waals surface area (Å²) in [5.74, 6) is 0.975. The molecule has 3 rings (SSSR count). The van der Waals surface area contributed by atoms with Crippen molar-refractivity contribution in [3.8, 4) is 0 Å². The fourth-order valence-corrected chi connectivity index (χ4v) is 4.02. The van der Waals surface area contributed by atoms with E-state index in [9.17, 15) is 4.79 Å². The number of rotatable bonds is 8. The Kier molecular flexibility index (Phi) is 7.77. The minimum Gasteiger partial charge on any atom is -0.378 e. The van der Waals surface area contributed by atoms with Crippen LogP contribution in [0.25, 0.3) is 0 Å². The van der Waals surface area contributed by atoms with Crippen LogP contribution in [0.2, 0.25) is 0 Å². The number of anilines is 2. The second-order valence-electron chi connectivity index (χ2n) is 7.09. The van der Waals surface area contributed by atoms with Gasteiger partial charge in [-0.05, 0) is 50.4 Å². The van der Waals surface area contributed by atoms with Gasteiger partial charge in [0.25, 0.3) is 0 Å². The number of aryl methyl sites for hydroxylation is 1. The van der Waals surface area contributed by atoms with Crippen LogP contribution >= 0.6 is 11.8 Å². The molecule has 0 saturated carbocycles. The van der Waals surface area contributed by atoms with E-state index in [2.05, 4.69) is 58.4 Å². The molecule has 0 atom stereocenters. The Morgan fingerprint density at radius 1 is 1.11 bits per heavy atom. The second kappa shape index (κ2) is 10.5. The van der Waals surface area contributed by atoms with Crippen LogP contribution in [0.4, 0.5) is 11.4 Å². The summed E-state index contributed by atoms with van der Waals surface area (Å²) >= 11 is 1.82. The number of carbonyl (C=O) groups is 1. The Hall–Kier alpha value is -2.02. The number of carbonyl (C=O) groups excluding carboxylic acids is 1. The monoisotopic (exact) mass is 399 g/mol. The summed E-state index contributed by atoms with van der Waals surface area (Å²) in [6.45, 7) is 6.72. The highest BCUT2D eigenvalue weighted by molar-refractivity contribution is 7.99. The van der Waals surface area contributed by atoms with Gasteiger partial charge in [0.2, 0.25) is 5.91 Å². The summed E-state index contributed by atoms with van der Waals surface area (Å²) in [5, 5.41) is 2.99. The predicted molar refractivity (Wildman–Crippen MR) is 118 cm³/mol. The van der Waals surface area contributed by atoms with Crippen LogP contribution in [-0.2, 0) is 9.53 Å². The Morgan fingerprint density at radius 2 is 1.79 bits per heavy atom. The molecular weight excluding hydrogens is 370 g/mol. The molecule has 1 N–H and O–H groups in total. The van der Waals surface area contributed by atoms with Crippen LogP contribution in [0.5, 0.6) is 0 Å². The van der Waals surface area contributed by atoms with Crippen molar-refractivity contribution in [2.24, 2.45) is 0 Å². The fraction of sp³-hybridized carbons (Fsp3) is 0.409. The number of nitrogens with zero attached hydrogens (tertiary/aromatic N) is 2. The standard InChI is InChI=1S/C22H29N3O2S/c1-18-3-9-21(10-4-18)28-16-13-24(2)17-22(26)23-19-5-7-20(8-6-19)25-11-14-27-15-12-25/h3-10H,11-17H2,1-2H3,(H,23,26). The van der Waals surface area contributed by atoms with E-state index in [1.165, 1.54) is 16.1 Å². The normalized spacial score (nSPS) is 14.3. The largest absolute Gasteiger partial charge is 0.378 e. The van der Waals surface area contributed by atoms with Gasteiger partial charge in [0.05, 0.1) is 19.8 Å². The molecule has 6 heteroatoms. The molecule has 2 aromatic carbocycles. The minimum atomic E-state index is 0.0157. The number of benzene rings is 2. The molecule has 0 spiro atoms. The summed E-state index contributed by atoms with van der Waals surface area (Å²) in [6.07, 6.45) is 0. The van der Waals surface area contributed by atoms with Gasteiger partial charge in [-0.25, -0.2) is 0 Å². The van der Waals surface area contributed by atoms with Crippen LogP contribution in [0.1, 0.15) is 5.56 Å². The topological polar surface area (TPSA) is 44.8 Å². The minimum absolute atomic E-state index is 0.0157. The lowest BCUT2D eigenvalue weighted by Crippen LogP contribution is -2.36. The maximum Gasteiger partial charge on any atom is 0.238 e. The lowest BCUT2D eigenvalue weighted by Gasteiger charge is -2.28. The Bertz CT molecular complexity index is 743. The zero-order valence-electron chi connectivity index (χ0n) is 16.7. The number of hydrogen-bond donors (Lipinski definition) is 1. The van der Waals surface area contributed by atoms with Crippen molar-refractivity contribution in [3.63, 3.8) is 0 Å². The third-order valence-electron chi connectivity index (χ3n) is 4.70. The summed E-state index contributed by atoms with van der Waals surface area (Å²) in [5.41, 5.74) is 3.28. The van der Waals surface area contributed by atoms with Crippen molar-refractivity contribution in [2.75, 3.05) is 62.4 Å². The zero-order valence-corrected chi connectivity index (χ0v) is 17.5. The van der Waals surface area contributed by atoms with Crippen LogP contribution in [0.3, 0.4) is 0 Å². The van der Waals surface area contributed by atoms with Crippen LogP contribution < -0.4 is 10.2 Å². The maximum atomic E-state index is 12.3. The van der Waals surface area contributed by atoms with Gasteiger partial charge in [0.1, 0.15) is 0 Å². The summed E-state index contributed by atoms with van der Waals surface area (Å²) in [4.78, 5) is 17.9. The molecule has 0 radical (unpaired) electrons. The Balaban J connectivity index is 1.38. The van der Waals surface area contributed by atoms with Gasteiger partial charge in [-0.15, -0.1) is 11.8 Å². The van der Waals surface area contributed by atoms with Gasteiger partial charge in [-0.2, -0.15) is 0 Å². The van der Waals surface area contributed by atoms with Crippen molar-refractivity contribution >= 4 is 29.0 Å². The van der Waals surface area contributed by atoms with Crippen LogP contribution in [0.15, 0.2) is 53.4 Å². The smallest absolute Gasteiger partial charge is 0.238 e. The molecule has 5 nitrogen and oxygen atoms in total. The van der Waals surface area contributed by atoms with E-state index in [1.54, 1.807) is 0 Å². The van der Waals surface area contributed by atoms with E-state index in [4.69, 9.17) is 4.74 Å². The molecule has 0 aromatic heterocycles. The average molecular weight is 400 g/mol. The van der Waals surface area contributed by atoms with Crippen LogP contribution in [0, 0.1) is 6.92 Å². The molecular formula is C22H29N3O2S. The van der Waals surface area contributed by atoms with Crippen molar-refractivity contribution in [1.82, 2.24) is 4.90 Å². The van der Waals surface area contributed by atoms with Gasteiger partial charge in [-0.3, -0.25) is 9.69 Å². The summed E-state index contributed by atoms with van der Waals surface area (Å²) in [7, 11) is 1.98. The summed E-state index contributed by atoms with van der Waals surface area (Å²) in [6, 6.07) is 16.6. The average Bonchev–Trinajstić information content (AvgIpc) is 2.70. The van der Waals surface area contributed by atoms with Crippen molar-refractivity contribution < 1.29 is 9.53 Å². The Labute approximate surface area is 172 Å². The molecule has 0 bridgehead atoms. The first kappa shape index (κ1) is 20.7. The van der Waals surface area contributed by atoms with E-state index in [0.717, 1.165) is 44.3 Å². The first-order valence-electron chi connectivity index (χ1n) is 9.71. The van der Waals surface area contributed by atoms with E-state index in [1.807, 2.05) is 30.9 Å². The molecule has 1 heterocycles. The molecule has 1 aliphatic rings. The molecule has 1 fully saturated rings. The molecule has 1 amide bonds. The van der Waals surface area contributed by atoms with Crippen molar-refractivity contribution in [1.29, 1.82) is 0 Å². The zero-order chi connectivity index (χ0) is 19.8. The first-order chi connectivity index (χ1) is 13.6. The highest BCUT2D eigenvalue weighted by atomic mass is 32.2. The second-order valence-corrected chi connectivity index (χ2v) is 8.26. The molecule has 150 valence electrons.